The molecule has 0 spiro atoms. The fourth-order valence-electron chi connectivity index (χ4n) is 2.57. The minimum absolute atomic E-state index is 0.232. The van der Waals surface area contributed by atoms with Crippen molar-refractivity contribution in [2.45, 2.75) is 19.3 Å². The van der Waals surface area contributed by atoms with E-state index in [2.05, 4.69) is 20.2 Å². The van der Waals surface area contributed by atoms with E-state index in [-0.39, 0.29) is 11.4 Å². The third-order valence-corrected chi connectivity index (χ3v) is 3.75. The smallest absolute Gasteiger partial charge is 0.259 e. The lowest BCUT2D eigenvalue weighted by atomic mass is 10.1. The van der Waals surface area contributed by atoms with Crippen LogP contribution in [0, 0.1) is 11.6 Å². The second kappa shape index (κ2) is 6.68. The predicted molar refractivity (Wildman–Crippen MR) is 82.4 cm³/mol. The fourth-order valence-corrected chi connectivity index (χ4v) is 2.57. The van der Waals surface area contributed by atoms with Crippen molar-refractivity contribution < 1.29 is 13.6 Å². The molecule has 2 heterocycles. The van der Waals surface area contributed by atoms with Gasteiger partial charge in [0.1, 0.15) is 29.6 Å². The Bertz CT molecular complexity index is 717. The van der Waals surface area contributed by atoms with Gasteiger partial charge in [-0.2, -0.15) is 0 Å². The monoisotopic (exact) mass is 318 g/mol. The number of halogens is 2. The number of carbonyl (C=O) groups is 1. The topological polar surface area (TPSA) is 58.1 Å². The van der Waals surface area contributed by atoms with Gasteiger partial charge >= 0.3 is 0 Å². The van der Waals surface area contributed by atoms with Crippen molar-refractivity contribution in [3.63, 3.8) is 0 Å². The molecule has 1 N–H and O–H groups in total. The Hall–Kier alpha value is -2.57. The van der Waals surface area contributed by atoms with E-state index in [4.69, 9.17) is 0 Å². The van der Waals surface area contributed by atoms with E-state index in [0.29, 0.717) is 6.07 Å². The van der Waals surface area contributed by atoms with Gasteiger partial charge in [0.05, 0.1) is 5.56 Å². The van der Waals surface area contributed by atoms with E-state index in [1.165, 1.54) is 12.7 Å². The van der Waals surface area contributed by atoms with Gasteiger partial charge in [-0.3, -0.25) is 4.79 Å². The molecule has 7 heteroatoms. The maximum absolute atomic E-state index is 13.6. The highest BCUT2D eigenvalue weighted by molar-refractivity contribution is 6.04. The van der Waals surface area contributed by atoms with Crippen LogP contribution in [-0.2, 0) is 0 Å². The number of hydrogen-bond acceptors (Lipinski definition) is 4. The molecule has 120 valence electrons. The summed E-state index contributed by atoms with van der Waals surface area (Å²) in [4.78, 5) is 22.4. The van der Waals surface area contributed by atoms with Crippen molar-refractivity contribution in [1.29, 1.82) is 0 Å². The van der Waals surface area contributed by atoms with Crippen molar-refractivity contribution in [3.8, 4) is 0 Å². The molecule has 1 aromatic heterocycles. The van der Waals surface area contributed by atoms with Crippen LogP contribution in [0.25, 0.3) is 0 Å². The van der Waals surface area contributed by atoms with Gasteiger partial charge in [0.25, 0.3) is 5.91 Å². The van der Waals surface area contributed by atoms with Gasteiger partial charge in [0.2, 0.25) is 0 Å². The summed E-state index contributed by atoms with van der Waals surface area (Å²) in [5, 5.41) is 2.52. The zero-order chi connectivity index (χ0) is 16.2. The molecule has 1 aromatic carbocycles. The molecule has 0 bridgehead atoms. The third kappa shape index (κ3) is 3.61. The molecule has 23 heavy (non-hydrogen) atoms. The average Bonchev–Trinajstić information content (AvgIpc) is 2.56. The molecular weight excluding hydrogens is 302 g/mol. The van der Waals surface area contributed by atoms with Gasteiger partial charge in [-0.15, -0.1) is 0 Å². The van der Waals surface area contributed by atoms with Gasteiger partial charge < -0.3 is 10.2 Å². The number of nitrogens with one attached hydrogen (secondary N) is 1. The Labute approximate surface area is 132 Å². The fraction of sp³-hybridized carbons (Fsp3) is 0.312. The van der Waals surface area contributed by atoms with E-state index in [0.717, 1.165) is 43.9 Å². The molecule has 2 aromatic rings. The van der Waals surface area contributed by atoms with Gasteiger partial charge in [0.15, 0.2) is 0 Å². The molecule has 0 radical (unpaired) electrons. The van der Waals surface area contributed by atoms with Crippen molar-refractivity contribution in [3.05, 3.63) is 47.8 Å². The highest BCUT2D eigenvalue weighted by Gasteiger charge is 2.16. The number of rotatable bonds is 3. The average molecular weight is 318 g/mol. The molecule has 1 saturated heterocycles. The van der Waals surface area contributed by atoms with Crippen LogP contribution in [0.4, 0.5) is 20.4 Å². The largest absolute Gasteiger partial charge is 0.356 e. The lowest BCUT2D eigenvalue weighted by Gasteiger charge is -2.27. The van der Waals surface area contributed by atoms with Crippen LogP contribution in [0.1, 0.15) is 29.6 Å². The summed E-state index contributed by atoms with van der Waals surface area (Å²) in [7, 11) is 0. The number of carbonyl (C=O) groups excluding carboxylic acids is 1. The van der Waals surface area contributed by atoms with E-state index in [9.17, 15) is 13.6 Å². The lowest BCUT2D eigenvalue weighted by molar-refractivity contribution is 0.102. The van der Waals surface area contributed by atoms with Crippen LogP contribution in [-0.4, -0.2) is 29.0 Å². The molecule has 1 amide bonds. The molecule has 1 fully saturated rings. The summed E-state index contributed by atoms with van der Waals surface area (Å²) in [5.41, 5.74) is -0.232. The molecule has 0 aliphatic carbocycles. The summed E-state index contributed by atoms with van der Waals surface area (Å²) < 4.78 is 26.5. The molecule has 0 saturated carbocycles. The quantitative estimate of drug-likeness (QED) is 0.945. The SMILES string of the molecule is O=C(Nc1cc(N2CCCCC2)ncn1)c1ccc(F)cc1F. The van der Waals surface area contributed by atoms with Crippen molar-refractivity contribution >= 4 is 17.5 Å². The molecule has 1 aliphatic rings. The standard InChI is InChI=1S/C16H16F2N4O/c17-11-4-5-12(13(18)8-11)16(23)21-14-9-15(20-10-19-14)22-6-2-1-3-7-22/h4-5,8-10H,1-3,6-7H2,(H,19,20,21,23). The lowest BCUT2D eigenvalue weighted by Crippen LogP contribution is -2.30. The first-order valence-electron chi connectivity index (χ1n) is 7.47. The summed E-state index contributed by atoms with van der Waals surface area (Å²) in [6, 6.07) is 4.47. The second-order valence-electron chi connectivity index (χ2n) is 5.39. The van der Waals surface area contributed by atoms with Crippen LogP contribution in [0.3, 0.4) is 0 Å². The van der Waals surface area contributed by atoms with Crippen molar-refractivity contribution in [2.75, 3.05) is 23.3 Å². The first kappa shape index (κ1) is 15.3. The molecule has 0 atom stereocenters. The zero-order valence-corrected chi connectivity index (χ0v) is 12.4. The van der Waals surface area contributed by atoms with Crippen LogP contribution in [0.5, 0.6) is 0 Å². The Balaban J connectivity index is 1.75. The van der Waals surface area contributed by atoms with Crippen molar-refractivity contribution in [1.82, 2.24) is 9.97 Å². The molecular formula is C16H16F2N4O. The van der Waals surface area contributed by atoms with Crippen LogP contribution < -0.4 is 10.2 Å². The number of nitrogens with zero attached hydrogens (tertiary/aromatic N) is 3. The van der Waals surface area contributed by atoms with Crippen LogP contribution in [0.15, 0.2) is 30.6 Å². The van der Waals surface area contributed by atoms with Gasteiger partial charge in [-0.05, 0) is 31.4 Å². The van der Waals surface area contributed by atoms with Gasteiger partial charge in [0, 0.05) is 25.2 Å². The summed E-state index contributed by atoms with van der Waals surface area (Å²) in [6.07, 6.45) is 4.77. The van der Waals surface area contributed by atoms with E-state index in [1.54, 1.807) is 6.07 Å². The highest BCUT2D eigenvalue weighted by Crippen LogP contribution is 2.20. The number of aromatic nitrogens is 2. The Kier molecular flexibility index (Phi) is 4.45. The Morgan fingerprint density at radius 1 is 1.09 bits per heavy atom. The van der Waals surface area contributed by atoms with E-state index in [1.807, 2.05) is 0 Å². The number of benzene rings is 1. The first-order chi connectivity index (χ1) is 11.1. The Morgan fingerprint density at radius 3 is 2.61 bits per heavy atom. The predicted octanol–water partition coefficient (Wildman–Crippen LogP) is 3.00. The minimum Gasteiger partial charge on any atom is -0.356 e. The molecule has 5 nitrogen and oxygen atoms in total. The second-order valence-corrected chi connectivity index (χ2v) is 5.39. The van der Waals surface area contributed by atoms with Crippen LogP contribution >= 0.6 is 0 Å². The van der Waals surface area contributed by atoms with Gasteiger partial charge in [-0.25, -0.2) is 18.7 Å². The molecule has 1 aliphatic heterocycles. The Morgan fingerprint density at radius 2 is 1.87 bits per heavy atom. The normalized spacial score (nSPS) is 14.6. The summed E-state index contributed by atoms with van der Waals surface area (Å²) in [5.74, 6) is -1.30. The van der Waals surface area contributed by atoms with Crippen molar-refractivity contribution in [2.24, 2.45) is 0 Å². The molecule has 0 unspecified atom stereocenters. The van der Waals surface area contributed by atoms with E-state index >= 15 is 0 Å². The van der Waals surface area contributed by atoms with Crippen LogP contribution in [0.2, 0.25) is 0 Å². The van der Waals surface area contributed by atoms with Gasteiger partial charge in [-0.1, -0.05) is 0 Å². The maximum atomic E-state index is 13.6. The number of hydrogen-bond donors (Lipinski definition) is 1. The minimum atomic E-state index is -0.909. The first-order valence-corrected chi connectivity index (χ1v) is 7.47. The summed E-state index contributed by atoms with van der Waals surface area (Å²) in [6.45, 7) is 1.83. The van der Waals surface area contributed by atoms with E-state index < -0.39 is 17.5 Å². The number of piperidine rings is 1. The number of amides is 1. The summed E-state index contributed by atoms with van der Waals surface area (Å²) >= 11 is 0. The number of anilines is 2. The maximum Gasteiger partial charge on any atom is 0.259 e. The highest BCUT2D eigenvalue weighted by atomic mass is 19.1. The molecule has 3 rings (SSSR count). The zero-order valence-electron chi connectivity index (χ0n) is 12.4. The third-order valence-electron chi connectivity index (χ3n) is 3.75.